The molecule has 1 fully saturated rings. The molecule has 0 aromatic heterocycles. The van der Waals surface area contributed by atoms with E-state index in [1.807, 2.05) is 0 Å². The average molecular weight is 170 g/mol. The standard InChI is InChI=1S/C10H18S/c1-2-4-9-5-3-6-10(9)7-8-11/h2,9-11H,1,3-8H2. The highest BCUT2D eigenvalue weighted by Crippen LogP contribution is 2.36. The van der Waals surface area contributed by atoms with Gasteiger partial charge in [-0.3, -0.25) is 0 Å². The van der Waals surface area contributed by atoms with Gasteiger partial charge in [0.05, 0.1) is 0 Å². The molecular formula is C10H18S. The molecule has 0 N–H and O–H groups in total. The summed E-state index contributed by atoms with van der Waals surface area (Å²) in [6.45, 7) is 3.80. The largest absolute Gasteiger partial charge is 0.179 e. The molecule has 1 aliphatic rings. The van der Waals surface area contributed by atoms with E-state index < -0.39 is 0 Å². The fourth-order valence-corrected chi connectivity index (χ4v) is 2.52. The lowest BCUT2D eigenvalue weighted by Gasteiger charge is -2.16. The van der Waals surface area contributed by atoms with Gasteiger partial charge in [-0.15, -0.1) is 6.58 Å². The highest BCUT2D eigenvalue weighted by atomic mass is 32.1. The summed E-state index contributed by atoms with van der Waals surface area (Å²) in [6.07, 6.45) is 8.88. The maximum Gasteiger partial charge on any atom is -0.00952 e. The smallest absolute Gasteiger partial charge is 0.00952 e. The Morgan fingerprint density at radius 3 is 2.73 bits per heavy atom. The Balaban J connectivity index is 2.31. The summed E-state index contributed by atoms with van der Waals surface area (Å²) in [5.41, 5.74) is 0. The van der Waals surface area contributed by atoms with E-state index in [4.69, 9.17) is 0 Å². The maximum atomic E-state index is 4.28. The van der Waals surface area contributed by atoms with Crippen LogP contribution in [0.2, 0.25) is 0 Å². The van der Waals surface area contributed by atoms with Crippen molar-refractivity contribution in [1.29, 1.82) is 0 Å². The first-order valence-electron chi connectivity index (χ1n) is 4.60. The zero-order chi connectivity index (χ0) is 8.10. The molecule has 0 aliphatic heterocycles. The van der Waals surface area contributed by atoms with Crippen LogP contribution in [-0.2, 0) is 0 Å². The lowest BCUT2D eigenvalue weighted by atomic mass is 9.91. The summed E-state index contributed by atoms with van der Waals surface area (Å²) in [6, 6.07) is 0. The van der Waals surface area contributed by atoms with Crippen molar-refractivity contribution < 1.29 is 0 Å². The van der Waals surface area contributed by atoms with Crippen LogP contribution in [0.25, 0.3) is 0 Å². The van der Waals surface area contributed by atoms with Crippen LogP contribution in [0.1, 0.15) is 32.1 Å². The first kappa shape index (κ1) is 9.18. The van der Waals surface area contributed by atoms with E-state index in [0.717, 1.165) is 17.6 Å². The molecule has 2 atom stereocenters. The van der Waals surface area contributed by atoms with Crippen LogP contribution in [0.15, 0.2) is 12.7 Å². The van der Waals surface area contributed by atoms with E-state index in [9.17, 15) is 0 Å². The van der Waals surface area contributed by atoms with Crippen LogP contribution in [0.3, 0.4) is 0 Å². The number of hydrogen-bond acceptors (Lipinski definition) is 1. The van der Waals surface area contributed by atoms with Crippen molar-refractivity contribution in [3.05, 3.63) is 12.7 Å². The SMILES string of the molecule is C=CCC1CCCC1CCS. The summed E-state index contributed by atoms with van der Waals surface area (Å²) in [5.74, 6) is 2.93. The fraction of sp³-hybridized carbons (Fsp3) is 0.800. The zero-order valence-corrected chi connectivity index (χ0v) is 8.02. The van der Waals surface area contributed by atoms with Gasteiger partial charge in [-0.2, -0.15) is 12.6 Å². The van der Waals surface area contributed by atoms with Gasteiger partial charge in [-0.1, -0.05) is 18.9 Å². The van der Waals surface area contributed by atoms with E-state index in [2.05, 4.69) is 25.3 Å². The Hall–Kier alpha value is 0.0900. The van der Waals surface area contributed by atoms with Gasteiger partial charge in [0.1, 0.15) is 0 Å². The van der Waals surface area contributed by atoms with E-state index in [1.54, 1.807) is 0 Å². The number of thiol groups is 1. The normalized spacial score (nSPS) is 30.6. The molecule has 1 saturated carbocycles. The molecule has 1 rings (SSSR count). The topological polar surface area (TPSA) is 0 Å². The highest BCUT2D eigenvalue weighted by Gasteiger charge is 2.24. The van der Waals surface area contributed by atoms with Gasteiger partial charge < -0.3 is 0 Å². The Kier molecular flexibility index (Phi) is 4.06. The summed E-state index contributed by atoms with van der Waals surface area (Å²) >= 11 is 4.28. The fourth-order valence-electron chi connectivity index (χ4n) is 2.18. The molecule has 0 radical (unpaired) electrons. The van der Waals surface area contributed by atoms with Crippen molar-refractivity contribution in [3.8, 4) is 0 Å². The van der Waals surface area contributed by atoms with Gasteiger partial charge in [-0.25, -0.2) is 0 Å². The third-order valence-corrected chi connectivity index (χ3v) is 3.04. The third kappa shape index (κ3) is 2.55. The number of allylic oxidation sites excluding steroid dienone is 1. The zero-order valence-electron chi connectivity index (χ0n) is 7.13. The van der Waals surface area contributed by atoms with Gasteiger partial charge in [0.25, 0.3) is 0 Å². The van der Waals surface area contributed by atoms with E-state index >= 15 is 0 Å². The Labute approximate surface area is 75.5 Å². The molecule has 64 valence electrons. The second kappa shape index (κ2) is 4.87. The molecule has 0 saturated heterocycles. The second-order valence-corrected chi connectivity index (χ2v) is 3.93. The van der Waals surface area contributed by atoms with Crippen LogP contribution in [0, 0.1) is 11.8 Å². The monoisotopic (exact) mass is 170 g/mol. The summed E-state index contributed by atoms with van der Waals surface area (Å²) in [5, 5.41) is 0. The van der Waals surface area contributed by atoms with Gasteiger partial charge in [0, 0.05) is 0 Å². The minimum absolute atomic E-state index is 0.930. The van der Waals surface area contributed by atoms with Crippen LogP contribution in [0.4, 0.5) is 0 Å². The molecule has 1 aliphatic carbocycles. The molecule has 0 nitrogen and oxygen atoms in total. The van der Waals surface area contributed by atoms with Gasteiger partial charge >= 0.3 is 0 Å². The Morgan fingerprint density at radius 2 is 2.09 bits per heavy atom. The van der Waals surface area contributed by atoms with Gasteiger partial charge in [0.2, 0.25) is 0 Å². The van der Waals surface area contributed by atoms with Crippen LogP contribution >= 0.6 is 12.6 Å². The number of rotatable bonds is 4. The van der Waals surface area contributed by atoms with Crippen LogP contribution in [-0.4, -0.2) is 5.75 Å². The summed E-state index contributed by atoms with van der Waals surface area (Å²) in [4.78, 5) is 0. The molecule has 1 heteroatoms. The van der Waals surface area contributed by atoms with E-state index in [1.165, 1.54) is 32.1 Å². The average Bonchev–Trinajstić information content (AvgIpc) is 2.39. The molecule has 0 bridgehead atoms. The molecular weight excluding hydrogens is 152 g/mol. The quantitative estimate of drug-likeness (QED) is 0.486. The molecule has 0 aromatic carbocycles. The van der Waals surface area contributed by atoms with Crippen molar-refractivity contribution in [2.45, 2.75) is 32.1 Å². The Bertz CT molecular complexity index is 120. The third-order valence-electron chi connectivity index (χ3n) is 2.79. The maximum absolute atomic E-state index is 4.28. The van der Waals surface area contributed by atoms with Crippen molar-refractivity contribution in [2.24, 2.45) is 11.8 Å². The lowest BCUT2D eigenvalue weighted by Crippen LogP contribution is -2.07. The number of hydrogen-bond donors (Lipinski definition) is 1. The van der Waals surface area contributed by atoms with Crippen LogP contribution in [0.5, 0.6) is 0 Å². The van der Waals surface area contributed by atoms with Crippen molar-refractivity contribution in [3.63, 3.8) is 0 Å². The van der Waals surface area contributed by atoms with E-state index in [0.29, 0.717) is 0 Å². The molecule has 0 amide bonds. The van der Waals surface area contributed by atoms with E-state index in [-0.39, 0.29) is 0 Å². The van der Waals surface area contributed by atoms with Crippen LogP contribution < -0.4 is 0 Å². The predicted molar refractivity (Wildman–Crippen MR) is 54.1 cm³/mol. The molecule has 2 unspecified atom stereocenters. The van der Waals surface area contributed by atoms with Crippen molar-refractivity contribution in [2.75, 3.05) is 5.75 Å². The van der Waals surface area contributed by atoms with Gasteiger partial charge in [-0.05, 0) is 36.9 Å². The lowest BCUT2D eigenvalue weighted by molar-refractivity contribution is 0.383. The van der Waals surface area contributed by atoms with Gasteiger partial charge in [0.15, 0.2) is 0 Å². The predicted octanol–water partition coefficient (Wildman–Crippen LogP) is 3.30. The summed E-state index contributed by atoms with van der Waals surface area (Å²) < 4.78 is 0. The molecule has 0 aromatic rings. The molecule has 11 heavy (non-hydrogen) atoms. The minimum Gasteiger partial charge on any atom is -0.179 e. The minimum atomic E-state index is 0.930. The highest BCUT2D eigenvalue weighted by molar-refractivity contribution is 7.80. The molecule has 0 heterocycles. The second-order valence-electron chi connectivity index (χ2n) is 3.49. The molecule has 0 spiro atoms. The van der Waals surface area contributed by atoms with Crippen molar-refractivity contribution in [1.82, 2.24) is 0 Å². The Morgan fingerprint density at radius 1 is 1.36 bits per heavy atom. The summed E-state index contributed by atoms with van der Waals surface area (Å²) in [7, 11) is 0. The van der Waals surface area contributed by atoms with Crippen molar-refractivity contribution >= 4 is 12.6 Å². The first-order chi connectivity index (χ1) is 5.38. The first-order valence-corrected chi connectivity index (χ1v) is 5.23.